The summed E-state index contributed by atoms with van der Waals surface area (Å²) in [4.78, 5) is 38.5. The highest BCUT2D eigenvalue weighted by atomic mass is 32.1. The lowest BCUT2D eigenvalue weighted by Crippen LogP contribution is -2.25. The van der Waals surface area contributed by atoms with Crippen LogP contribution in [0.15, 0.2) is 54.6 Å². The van der Waals surface area contributed by atoms with E-state index in [1.54, 1.807) is 24.3 Å². The lowest BCUT2D eigenvalue weighted by atomic mass is 9.88. The van der Waals surface area contributed by atoms with Crippen molar-refractivity contribution in [1.82, 2.24) is 5.32 Å². The quantitative estimate of drug-likeness (QED) is 0.412. The third-order valence-electron chi connectivity index (χ3n) is 6.18. The van der Waals surface area contributed by atoms with Crippen LogP contribution >= 0.6 is 11.3 Å². The number of ether oxygens (including phenoxy) is 2. The van der Waals surface area contributed by atoms with Crippen LogP contribution in [-0.2, 0) is 28.8 Å². The largest absolute Gasteiger partial charge is 0.484 e. The average Bonchev–Trinajstić information content (AvgIpc) is 3.24. The van der Waals surface area contributed by atoms with Crippen molar-refractivity contribution < 1.29 is 23.9 Å². The van der Waals surface area contributed by atoms with E-state index in [9.17, 15) is 14.4 Å². The Kier molecular flexibility index (Phi) is 8.38. The summed E-state index contributed by atoms with van der Waals surface area (Å²) < 4.78 is 10.6. The zero-order valence-corrected chi connectivity index (χ0v) is 21.3. The predicted molar refractivity (Wildman–Crippen MR) is 140 cm³/mol. The van der Waals surface area contributed by atoms with Crippen molar-refractivity contribution in [3.05, 3.63) is 81.7 Å². The van der Waals surface area contributed by atoms with Crippen molar-refractivity contribution in [2.24, 2.45) is 5.92 Å². The van der Waals surface area contributed by atoms with Crippen molar-refractivity contribution >= 4 is 34.1 Å². The molecule has 1 unspecified atom stereocenters. The summed E-state index contributed by atoms with van der Waals surface area (Å²) in [5, 5.41) is 6.24. The molecule has 36 heavy (non-hydrogen) atoms. The van der Waals surface area contributed by atoms with Crippen LogP contribution in [0.25, 0.3) is 0 Å². The van der Waals surface area contributed by atoms with Crippen molar-refractivity contribution in [2.75, 3.05) is 25.6 Å². The number of carbonyl (C=O) groups excluding carboxylic acids is 3. The smallest absolute Gasteiger partial charge is 0.341 e. The first-order valence-electron chi connectivity index (χ1n) is 12.0. The Hall–Kier alpha value is -3.65. The van der Waals surface area contributed by atoms with E-state index in [-0.39, 0.29) is 18.4 Å². The number of rotatable bonds is 9. The number of fused-ring (bicyclic) bond motifs is 1. The molecule has 1 aliphatic rings. The molecule has 2 aromatic carbocycles. The number of benzene rings is 2. The van der Waals surface area contributed by atoms with Gasteiger partial charge in [0, 0.05) is 17.0 Å². The zero-order valence-electron chi connectivity index (χ0n) is 20.5. The van der Waals surface area contributed by atoms with Gasteiger partial charge < -0.3 is 20.1 Å². The number of esters is 1. The lowest BCUT2D eigenvalue weighted by Gasteiger charge is -2.18. The van der Waals surface area contributed by atoms with Crippen molar-refractivity contribution in [3.63, 3.8) is 0 Å². The van der Waals surface area contributed by atoms with Gasteiger partial charge >= 0.3 is 5.97 Å². The Morgan fingerprint density at radius 1 is 1.06 bits per heavy atom. The molecule has 8 heteroatoms. The van der Waals surface area contributed by atoms with Gasteiger partial charge in [-0.3, -0.25) is 9.59 Å². The average molecular weight is 507 g/mol. The van der Waals surface area contributed by atoms with Crippen LogP contribution in [0, 0.1) is 5.92 Å². The van der Waals surface area contributed by atoms with E-state index in [0.29, 0.717) is 34.3 Å². The van der Waals surface area contributed by atoms with Gasteiger partial charge in [-0.25, -0.2) is 4.79 Å². The Bertz CT molecular complexity index is 1220. The highest BCUT2D eigenvalue weighted by molar-refractivity contribution is 7.17. The molecule has 1 heterocycles. The van der Waals surface area contributed by atoms with Crippen LogP contribution < -0.4 is 15.4 Å². The van der Waals surface area contributed by atoms with Gasteiger partial charge in [0.05, 0.1) is 12.7 Å². The molecule has 2 amide bonds. The number of methoxy groups -OCH3 is 1. The lowest BCUT2D eigenvalue weighted by molar-refractivity contribution is -0.118. The molecule has 1 aliphatic carbocycles. The van der Waals surface area contributed by atoms with E-state index < -0.39 is 5.97 Å². The predicted octanol–water partition coefficient (Wildman–Crippen LogP) is 4.65. The highest BCUT2D eigenvalue weighted by Crippen LogP contribution is 2.40. The summed E-state index contributed by atoms with van der Waals surface area (Å²) in [5.74, 6) is 0.0490. The topological polar surface area (TPSA) is 93.7 Å². The SMILES string of the molecule is COC(=O)c1c(NC(=O)COc2ccc(C(=O)NCCc3ccccc3)cc2)sc2c1CCC(C)C2. The minimum absolute atomic E-state index is 0.165. The Morgan fingerprint density at radius 2 is 1.81 bits per heavy atom. The Morgan fingerprint density at radius 3 is 2.53 bits per heavy atom. The molecule has 0 fully saturated rings. The van der Waals surface area contributed by atoms with Crippen molar-refractivity contribution in [2.45, 2.75) is 32.6 Å². The maximum atomic E-state index is 12.6. The summed E-state index contributed by atoms with van der Waals surface area (Å²) in [6, 6.07) is 16.6. The van der Waals surface area contributed by atoms with Crippen LogP contribution in [0.1, 0.15) is 50.1 Å². The third-order valence-corrected chi connectivity index (χ3v) is 7.35. The molecule has 4 rings (SSSR count). The number of amides is 2. The molecule has 0 saturated carbocycles. The second-order valence-corrected chi connectivity index (χ2v) is 10.0. The minimum Gasteiger partial charge on any atom is -0.484 e. The minimum atomic E-state index is -0.434. The van der Waals surface area contributed by atoms with E-state index in [2.05, 4.69) is 17.6 Å². The second-order valence-electron chi connectivity index (χ2n) is 8.90. The Balaban J connectivity index is 1.29. The molecular weight excluding hydrogens is 476 g/mol. The van der Waals surface area contributed by atoms with E-state index in [4.69, 9.17) is 9.47 Å². The monoisotopic (exact) mass is 506 g/mol. The van der Waals surface area contributed by atoms with Crippen molar-refractivity contribution in [1.29, 1.82) is 0 Å². The van der Waals surface area contributed by atoms with Gasteiger partial charge in [-0.1, -0.05) is 37.3 Å². The zero-order chi connectivity index (χ0) is 25.5. The number of thiophene rings is 1. The number of anilines is 1. The van der Waals surface area contributed by atoms with Crippen LogP contribution in [0.2, 0.25) is 0 Å². The molecule has 7 nitrogen and oxygen atoms in total. The third kappa shape index (κ3) is 6.31. The van der Waals surface area contributed by atoms with Crippen molar-refractivity contribution in [3.8, 4) is 5.75 Å². The van der Waals surface area contributed by atoms with E-state index in [1.165, 1.54) is 18.4 Å². The van der Waals surface area contributed by atoms with E-state index >= 15 is 0 Å². The first kappa shape index (κ1) is 25.4. The number of carbonyl (C=O) groups is 3. The van der Waals surface area contributed by atoms with Gasteiger partial charge in [0.1, 0.15) is 10.8 Å². The van der Waals surface area contributed by atoms with Gasteiger partial charge in [0.25, 0.3) is 11.8 Å². The van der Waals surface area contributed by atoms with E-state index in [0.717, 1.165) is 41.7 Å². The van der Waals surface area contributed by atoms with Crippen LogP contribution in [0.3, 0.4) is 0 Å². The van der Waals surface area contributed by atoms with Gasteiger partial charge in [-0.05, 0) is 67.0 Å². The maximum Gasteiger partial charge on any atom is 0.341 e. The van der Waals surface area contributed by atoms with Crippen LogP contribution in [-0.4, -0.2) is 38.0 Å². The molecule has 188 valence electrons. The van der Waals surface area contributed by atoms with Gasteiger partial charge in [-0.15, -0.1) is 11.3 Å². The number of hydrogen-bond acceptors (Lipinski definition) is 6. The molecule has 2 N–H and O–H groups in total. The molecule has 0 aliphatic heterocycles. The van der Waals surface area contributed by atoms with Gasteiger partial charge in [0.15, 0.2) is 6.61 Å². The first-order valence-corrected chi connectivity index (χ1v) is 12.8. The van der Waals surface area contributed by atoms with Gasteiger partial charge in [-0.2, -0.15) is 0 Å². The van der Waals surface area contributed by atoms with Gasteiger partial charge in [0.2, 0.25) is 0 Å². The number of nitrogens with one attached hydrogen (secondary N) is 2. The molecular formula is C28H30N2O5S. The fourth-order valence-corrected chi connectivity index (χ4v) is 5.65. The molecule has 3 aromatic rings. The van der Waals surface area contributed by atoms with E-state index in [1.807, 2.05) is 30.3 Å². The molecule has 0 spiro atoms. The molecule has 0 saturated heterocycles. The summed E-state index contributed by atoms with van der Waals surface area (Å²) >= 11 is 1.44. The molecule has 0 radical (unpaired) electrons. The summed E-state index contributed by atoms with van der Waals surface area (Å²) in [6.45, 7) is 2.51. The second kappa shape index (κ2) is 11.9. The fourth-order valence-electron chi connectivity index (χ4n) is 4.24. The van der Waals surface area contributed by atoms with Crippen LogP contribution in [0.5, 0.6) is 5.75 Å². The molecule has 1 aromatic heterocycles. The molecule has 1 atom stereocenters. The highest BCUT2D eigenvalue weighted by Gasteiger charge is 2.28. The first-order chi connectivity index (χ1) is 17.4. The standard InChI is InChI=1S/C28H30N2O5S/c1-18-8-13-22-23(16-18)36-27(25(22)28(33)34-2)30-24(31)17-35-21-11-9-20(10-12-21)26(32)29-15-14-19-6-4-3-5-7-19/h3-7,9-12,18H,8,13-17H2,1-2H3,(H,29,32)(H,30,31). The Labute approximate surface area is 214 Å². The summed E-state index contributed by atoms with van der Waals surface area (Å²) in [5.41, 5.74) is 3.12. The summed E-state index contributed by atoms with van der Waals surface area (Å²) in [6.07, 6.45) is 3.45. The summed E-state index contributed by atoms with van der Waals surface area (Å²) in [7, 11) is 1.35. The normalized spacial score (nSPS) is 14.4. The maximum absolute atomic E-state index is 12.6. The number of hydrogen-bond donors (Lipinski definition) is 2. The fraction of sp³-hybridized carbons (Fsp3) is 0.321. The molecule has 0 bridgehead atoms. The van der Waals surface area contributed by atoms with Crippen LogP contribution in [0.4, 0.5) is 5.00 Å².